The maximum Gasteiger partial charge on any atom is 0.508 e. The van der Waals surface area contributed by atoms with Gasteiger partial charge in [-0.05, 0) is 31.9 Å². The van der Waals surface area contributed by atoms with E-state index < -0.39 is 42.3 Å². The van der Waals surface area contributed by atoms with Gasteiger partial charge in [-0.2, -0.15) is 10.4 Å². The molecule has 0 radical (unpaired) electrons. The first-order chi connectivity index (χ1) is 13.3. The Bertz CT molecular complexity index is 967. The zero-order chi connectivity index (χ0) is 20.1. The molecule has 0 amide bonds. The normalized spacial score (nSPS) is 30.7. The molecule has 2 aromatic rings. The van der Waals surface area contributed by atoms with Gasteiger partial charge >= 0.3 is 6.16 Å². The van der Waals surface area contributed by atoms with Crippen LogP contribution in [0.3, 0.4) is 0 Å². The maximum absolute atomic E-state index is 11.8. The zero-order valence-corrected chi connectivity index (χ0v) is 15.0. The van der Waals surface area contributed by atoms with Gasteiger partial charge in [0.2, 0.25) is 5.60 Å². The van der Waals surface area contributed by atoms with E-state index >= 15 is 0 Å². The smallest absolute Gasteiger partial charge is 0.430 e. The second-order valence-corrected chi connectivity index (χ2v) is 7.27. The summed E-state index contributed by atoms with van der Waals surface area (Å²) in [4.78, 5) is 15.7. The molecule has 1 saturated carbocycles. The summed E-state index contributed by atoms with van der Waals surface area (Å²) in [6.45, 7) is 1.16. The summed E-state index contributed by atoms with van der Waals surface area (Å²) in [6.07, 6.45) is -2.45. The summed E-state index contributed by atoms with van der Waals surface area (Å²) >= 11 is 0. The number of nitrogens with two attached hydrogens (primary N) is 1. The Morgan fingerprint density at radius 2 is 2.25 bits per heavy atom. The molecule has 2 fully saturated rings. The molecule has 2 aliphatic rings. The highest BCUT2D eigenvalue weighted by atomic mass is 16.7. The number of carbonyl (C=O) groups excluding carboxylic acids is 1. The van der Waals surface area contributed by atoms with E-state index in [1.54, 1.807) is 19.1 Å². The van der Waals surface area contributed by atoms with Crippen molar-refractivity contribution in [1.29, 1.82) is 5.26 Å². The average Bonchev–Trinajstić information content (AvgIpc) is 3.13. The summed E-state index contributed by atoms with van der Waals surface area (Å²) in [6, 6.07) is 5.03. The van der Waals surface area contributed by atoms with Gasteiger partial charge in [-0.25, -0.2) is 14.3 Å². The number of nitrogen functional groups attached to an aromatic ring is 1. The van der Waals surface area contributed by atoms with Crippen LogP contribution < -0.4 is 5.73 Å². The first kappa shape index (κ1) is 18.4. The fraction of sp³-hybridized carbons (Fsp3) is 0.529. The Kier molecular flexibility index (Phi) is 4.15. The van der Waals surface area contributed by atoms with Gasteiger partial charge < -0.3 is 30.2 Å². The third-order valence-electron chi connectivity index (χ3n) is 5.13. The molecule has 11 heteroatoms. The molecule has 0 spiro atoms. The Morgan fingerprint density at radius 1 is 1.50 bits per heavy atom. The van der Waals surface area contributed by atoms with Gasteiger partial charge in [-0.15, -0.1) is 0 Å². The highest BCUT2D eigenvalue weighted by Gasteiger charge is 2.57. The quantitative estimate of drug-likeness (QED) is 0.609. The van der Waals surface area contributed by atoms with Gasteiger partial charge in [0, 0.05) is 0 Å². The Morgan fingerprint density at radius 3 is 2.93 bits per heavy atom. The molecule has 0 unspecified atom stereocenters. The SMILES string of the molecule is CC1(OC(=O)OC[C@@]2(C#N)O[C@@H](c3ccc4c(N)ncnn34)[C@H](O)[C@@H]2O)CC1. The number of aromatic nitrogens is 3. The summed E-state index contributed by atoms with van der Waals surface area (Å²) in [5.74, 6) is 0.223. The van der Waals surface area contributed by atoms with Crippen LogP contribution in [0.15, 0.2) is 18.5 Å². The monoisotopic (exact) mass is 389 g/mol. The summed E-state index contributed by atoms with van der Waals surface area (Å²) in [5, 5.41) is 34.6. The first-order valence-electron chi connectivity index (χ1n) is 8.68. The largest absolute Gasteiger partial charge is 0.508 e. The molecular formula is C17H19N5O6. The van der Waals surface area contributed by atoms with E-state index in [-0.39, 0.29) is 5.82 Å². The van der Waals surface area contributed by atoms with Gasteiger partial charge in [-0.1, -0.05) is 0 Å². The second-order valence-electron chi connectivity index (χ2n) is 7.27. The van der Waals surface area contributed by atoms with E-state index in [9.17, 15) is 20.3 Å². The Balaban J connectivity index is 1.56. The highest BCUT2D eigenvalue weighted by molar-refractivity contribution is 5.65. The number of anilines is 1. The van der Waals surface area contributed by atoms with Crippen LogP contribution in [0.25, 0.3) is 5.52 Å². The van der Waals surface area contributed by atoms with Crippen molar-refractivity contribution in [3.63, 3.8) is 0 Å². The molecule has 3 heterocycles. The van der Waals surface area contributed by atoms with Crippen LogP contribution >= 0.6 is 0 Å². The summed E-state index contributed by atoms with van der Waals surface area (Å²) in [7, 11) is 0. The number of aliphatic hydroxyl groups is 2. The lowest BCUT2D eigenvalue weighted by molar-refractivity contribution is -0.0895. The molecule has 0 aromatic carbocycles. The molecule has 4 N–H and O–H groups in total. The third kappa shape index (κ3) is 2.91. The fourth-order valence-corrected chi connectivity index (χ4v) is 3.15. The van der Waals surface area contributed by atoms with Crippen molar-refractivity contribution in [2.24, 2.45) is 0 Å². The minimum absolute atomic E-state index is 0.223. The molecule has 4 rings (SSSR count). The highest BCUT2D eigenvalue weighted by Crippen LogP contribution is 2.42. The summed E-state index contributed by atoms with van der Waals surface area (Å²) in [5.41, 5.74) is 4.14. The van der Waals surface area contributed by atoms with Crippen molar-refractivity contribution in [2.75, 3.05) is 12.3 Å². The zero-order valence-electron chi connectivity index (χ0n) is 15.0. The van der Waals surface area contributed by atoms with Crippen molar-refractivity contribution in [3.05, 3.63) is 24.2 Å². The Hall–Kier alpha value is -2.94. The molecule has 28 heavy (non-hydrogen) atoms. The van der Waals surface area contributed by atoms with E-state index in [1.807, 2.05) is 6.07 Å². The maximum atomic E-state index is 11.8. The molecule has 2 aromatic heterocycles. The molecule has 4 atom stereocenters. The van der Waals surface area contributed by atoms with Gasteiger partial charge in [0.15, 0.2) is 5.82 Å². The first-order valence-corrected chi connectivity index (χ1v) is 8.68. The van der Waals surface area contributed by atoms with Crippen LogP contribution in [0.5, 0.6) is 0 Å². The summed E-state index contributed by atoms with van der Waals surface area (Å²) < 4.78 is 17.2. The van der Waals surface area contributed by atoms with E-state index in [4.69, 9.17) is 19.9 Å². The number of nitrogens with zero attached hydrogens (tertiary/aromatic N) is 4. The van der Waals surface area contributed by atoms with E-state index in [2.05, 4.69) is 10.1 Å². The van der Waals surface area contributed by atoms with Crippen LogP contribution in [0, 0.1) is 11.3 Å². The van der Waals surface area contributed by atoms with Crippen molar-refractivity contribution in [2.45, 2.75) is 49.3 Å². The van der Waals surface area contributed by atoms with Gasteiger partial charge in [0.25, 0.3) is 0 Å². The molecule has 0 bridgehead atoms. The van der Waals surface area contributed by atoms with E-state index in [1.165, 1.54) is 10.8 Å². The second kappa shape index (κ2) is 6.30. The van der Waals surface area contributed by atoms with Crippen molar-refractivity contribution in [3.8, 4) is 6.07 Å². The van der Waals surface area contributed by atoms with E-state index in [0.717, 1.165) is 12.8 Å². The van der Waals surface area contributed by atoms with Gasteiger partial charge in [0.1, 0.15) is 48.4 Å². The fourth-order valence-electron chi connectivity index (χ4n) is 3.15. The number of aliphatic hydroxyl groups excluding tert-OH is 2. The lowest BCUT2D eigenvalue weighted by Crippen LogP contribution is -2.46. The van der Waals surface area contributed by atoms with Gasteiger partial charge in [-0.3, -0.25) is 0 Å². The van der Waals surface area contributed by atoms with Crippen molar-refractivity contribution < 1.29 is 29.2 Å². The van der Waals surface area contributed by atoms with Gasteiger partial charge in [0.05, 0.1) is 5.69 Å². The average molecular weight is 389 g/mol. The number of fused-ring (bicyclic) bond motifs is 1. The number of nitriles is 1. The number of carbonyl (C=O) groups is 1. The van der Waals surface area contributed by atoms with E-state index in [0.29, 0.717) is 11.2 Å². The van der Waals surface area contributed by atoms with Crippen LogP contribution in [0.2, 0.25) is 0 Å². The van der Waals surface area contributed by atoms with Crippen molar-refractivity contribution in [1.82, 2.24) is 14.6 Å². The van der Waals surface area contributed by atoms with Crippen LogP contribution in [-0.2, 0) is 14.2 Å². The van der Waals surface area contributed by atoms with Crippen LogP contribution in [0.4, 0.5) is 10.6 Å². The number of hydrogen-bond acceptors (Lipinski definition) is 10. The predicted octanol–water partition coefficient (Wildman–Crippen LogP) is 0.0727. The molecular weight excluding hydrogens is 370 g/mol. The number of hydrogen-bond donors (Lipinski definition) is 3. The predicted molar refractivity (Wildman–Crippen MR) is 91.7 cm³/mol. The molecule has 1 saturated heterocycles. The molecule has 11 nitrogen and oxygen atoms in total. The molecule has 148 valence electrons. The third-order valence-corrected chi connectivity index (χ3v) is 5.13. The minimum atomic E-state index is -1.96. The number of rotatable bonds is 4. The molecule has 1 aliphatic heterocycles. The Labute approximate surface area is 159 Å². The lowest BCUT2D eigenvalue weighted by atomic mass is 9.96. The number of ether oxygens (including phenoxy) is 3. The topological polar surface area (TPSA) is 165 Å². The molecule has 1 aliphatic carbocycles. The standard InChI is InChI=1S/C17H19N5O6/c1-16(4-5-16)28-15(25)26-7-17(6-18)13(24)11(23)12(27-17)9-2-3-10-14(19)20-8-21-22(9)10/h2-3,8,11-13,23-24H,4-5,7H2,1H3,(H2,19,20,21)/t11-,12-,13-,17+/m0/s1. The van der Waals surface area contributed by atoms with Crippen LogP contribution in [-0.4, -0.2) is 61.0 Å². The van der Waals surface area contributed by atoms with Crippen molar-refractivity contribution >= 4 is 17.5 Å². The lowest BCUT2D eigenvalue weighted by Gasteiger charge is -2.24. The van der Waals surface area contributed by atoms with Crippen LogP contribution in [0.1, 0.15) is 31.6 Å². The minimum Gasteiger partial charge on any atom is -0.430 e.